The van der Waals surface area contributed by atoms with Gasteiger partial charge in [0.25, 0.3) is 20.0 Å². The normalized spacial score (nSPS) is 15.6. The molecule has 0 spiro atoms. The number of nitrogens with zero attached hydrogens (tertiary/aromatic N) is 1. The summed E-state index contributed by atoms with van der Waals surface area (Å²) in [6.45, 7) is 1.15. The number of anilines is 2. The van der Waals surface area contributed by atoms with Crippen LogP contribution in [0.3, 0.4) is 0 Å². The fourth-order valence-corrected chi connectivity index (χ4v) is 6.63. The van der Waals surface area contributed by atoms with Gasteiger partial charge in [0, 0.05) is 18.3 Å². The summed E-state index contributed by atoms with van der Waals surface area (Å²) in [6, 6.07) is 17.7. The third-order valence-electron chi connectivity index (χ3n) is 5.56. The number of ether oxygens (including phenoxy) is 2. The first-order chi connectivity index (χ1) is 15.8. The molecule has 2 aliphatic heterocycles. The van der Waals surface area contributed by atoms with Crippen molar-refractivity contribution in [3.8, 4) is 11.5 Å². The molecule has 0 aliphatic carbocycles. The van der Waals surface area contributed by atoms with Crippen LogP contribution in [0.15, 0.2) is 76.5 Å². The predicted molar refractivity (Wildman–Crippen MR) is 124 cm³/mol. The maximum absolute atomic E-state index is 13.2. The summed E-state index contributed by atoms with van der Waals surface area (Å²) in [7, 11) is -7.58. The summed E-state index contributed by atoms with van der Waals surface area (Å²) < 4.78 is 67.1. The quantitative estimate of drug-likeness (QED) is 0.593. The third kappa shape index (κ3) is 4.11. The van der Waals surface area contributed by atoms with E-state index in [0.717, 1.165) is 5.56 Å². The molecule has 0 unspecified atom stereocenters. The number of hydrogen-bond acceptors (Lipinski definition) is 6. The summed E-state index contributed by atoms with van der Waals surface area (Å²) in [4.78, 5) is 0.277. The van der Waals surface area contributed by atoms with Crippen molar-refractivity contribution >= 4 is 31.4 Å². The highest BCUT2D eigenvalue weighted by Gasteiger charge is 2.29. The van der Waals surface area contributed by atoms with Crippen molar-refractivity contribution < 1.29 is 26.3 Å². The van der Waals surface area contributed by atoms with Gasteiger partial charge in [-0.3, -0.25) is 9.03 Å². The van der Waals surface area contributed by atoms with Gasteiger partial charge in [-0.2, -0.15) is 0 Å². The number of hydrogen-bond donors (Lipinski definition) is 1. The monoisotopic (exact) mass is 486 g/mol. The number of aryl methyl sites for hydroxylation is 1. The molecule has 3 aromatic rings. The molecule has 10 heteroatoms. The average molecular weight is 487 g/mol. The van der Waals surface area contributed by atoms with Crippen molar-refractivity contribution in [2.45, 2.75) is 22.6 Å². The number of fused-ring (bicyclic) bond motifs is 2. The molecule has 0 aromatic heterocycles. The first-order valence-corrected chi connectivity index (χ1v) is 13.4. The lowest BCUT2D eigenvalue weighted by Crippen LogP contribution is -2.35. The SMILES string of the molecule is O=S(=O)(Nc1ccc2c(c1)CCCN2S(=O)(=O)c1ccccc1)c1ccc2c(c1)OCCO2. The van der Waals surface area contributed by atoms with Crippen molar-refractivity contribution in [3.63, 3.8) is 0 Å². The van der Waals surface area contributed by atoms with Gasteiger partial charge in [0.1, 0.15) is 13.2 Å². The Morgan fingerprint density at radius 2 is 1.55 bits per heavy atom. The zero-order chi connectivity index (χ0) is 23.1. The number of nitrogens with one attached hydrogen (secondary N) is 1. The van der Waals surface area contributed by atoms with Crippen LogP contribution in [0.25, 0.3) is 0 Å². The van der Waals surface area contributed by atoms with Crippen LogP contribution >= 0.6 is 0 Å². The minimum atomic E-state index is -3.88. The van der Waals surface area contributed by atoms with Gasteiger partial charge in [0.05, 0.1) is 15.5 Å². The second-order valence-corrected chi connectivity index (χ2v) is 11.3. The molecular weight excluding hydrogens is 464 g/mol. The van der Waals surface area contributed by atoms with Gasteiger partial charge in [-0.15, -0.1) is 0 Å². The van der Waals surface area contributed by atoms with Crippen LogP contribution in [0, 0.1) is 0 Å². The molecule has 8 nitrogen and oxygen atoms in total. The average Bonchev–Trinajstić information content (AvgIpc) is 2.83. The van der Waals surface area contributed by atoms with Crippen LogP contribution in [0.5, 0.6) is 11.5 Å². The molecule has 0 saturated heterocycles. The largest absolute Gasteiger partial charge is 0.486 e. The van der Waals surface area contributed by atoms with E-state index < -0.39 is 20.0 Å². The van der Waals surface area contributed by atoms with Gasteiger partial charge < -0.3 is 9.47 Å². The van der Waals surface area contributed by atoms with Crippen molar-refractivity contribution in [3.05, 3.63) is 72.3 Å². The molecule has 0 bridgehead atoms. The number of benzene rings is 3. The topological polar surface area (TPSA) is 102 Å². The second-order valence-electron chi connectivity index (χ2n) is 7.75. The van der Waals surface area contributed by atoms with E-state index in [1.54, 1.807) is 54.6 Å². The lowest BCUT2D eigenvalue weighted by Gasteiger charge is -2.31. The zero-order valence-corrected chi connectivity index (χ0v) is 19.2. The Kier molecular flexibility index (Phi) is 5.41. The van der Waals surface area contributed by atoms with E-state index in [9.17, 15) is 16.8 Å². The van der Waals surface area contributed by atoms with Crippen LogP contribution in [-0.2, 0) is 26.5 Å². The van der Waals surface area contributed by atoms with E-state index in [1.807, 2.05) is 0 Å². The van der Waals surface area contributed by atoms with Crippen molar-refractivity contribution in [2.24, 2.45) is 0 Å². The number of rotatable bonds is 5. The Morgan fingerprint density at radius 3 is 2.33 bits per heavy atom. The van der Waals surface area contributed by atoms with E-state index in [4.69, 9.17) is 9.47 Å². The fraction of sp³-hybridized carbons (Fsp3) is 0.217. The zero-order valence-electron chi connectivity index (χ0n) is 17.6. The van der Waals surface area contributed by atoms with Gasteiger partial charge in [0.15, 0.2) is 11.5 Å². The van der Waals surface area contributed by atoms with E-state index in [-0.39, 0.29) is 9.79 Å². The molecule has 5 rings (SSSR count). The first-order valence-electron chi connectivity index (χ1n) is 10.5. The summed E-state index contributed by atoms with van der Waals surface area (Å²) in [5.74, 6) is 0.894. The highest BCUT2D eigenvalue weighted by molar-refractivity contribution is 7.93. The minimum absolute atomic E-state index is 0.0535. The molecule has 2 heterocycles. The van der Waals surface area contributed by atoms with Gasteiger partial charge >= 0.3 is 0 Å². The molecule has 172 valence electrons. The Morgan fingerprint density at radius 1 is 0.788 bits per heavy atom. The van der Waals surface area contributed by atoms with E-state index in [0.29, 0.717) is 55.5 Å². The lowest BCUT2D eigenvalue weighted by molar-refractivity contribution is 0.171. The van der Waals surface area contributed by atoms with Crippen LogP contribution in [0.2, 0.25) is 0 Å². The standard InChI is InChI=1S/C23H22N2O6S2/c26-32(27,20-9-11-22-23(16-20)31-14-13-30-22)24-18-8-10-21-17(15-18)5-4-12-25(21)33(28,29)19-6-2-1-3-7-19/h1-3,6-11,15-16,24H,4-5,12-14H2. The molecule has 3 aromatic carbocycles. The van der Waals surface area contributed by atoms with Crippen LogP contribution in [0.1, 0.15) is 12.0 Å². The third-order valence-corrected chi connectivity index (χ3v) is 8.77. The molecular formula is C23H22N2O6S2. The molecule has 0 radical (unpaired) electrons. The van der Waals surface area contributed by atoms with Gasteiger partial charge in [-0.1, -0.05) is 18.2 Å². The molecule has 0 atom stereocenters. The molecule has 0 amide bonds. The molecule has 0 fully saturated rings. The van der Waals surface area contributed by atoms with Gasteiger partial charge in [-0.05, 0) is 60.9 Å². The number of sulfonamides is 2. The minimum Gasteiger partial charge on any atom is -0.486 e. The summed E-state index contributed by atoms with van der Waals surface area (Å²) in [6.07, 6.45) is 1.28. The van der Waals surface area contributed by atoms with E-state index in [2.05, 4.69) is 4.72 Å². The van der Waals surface area contributed by atoms with Crippen molar-refractivity contribution in [1.82, 2.24) is 0 Å². The molecule has 1 N–H and O–H groups in total. The van der Waals surface area contributed by atoms with Gasteiger partial charge in [-0.25, -0.2) is 16.8 Å². The highest BCUT2D eigenvalue weighted by atomic mass is 32.2. The lowest BCUT2D eigenvalue weighted by atomic mass is 10.0. The summed E-state index contributed by atoms with van der Waals surface area (Å²) in [5, 5.41) is 0. The van der Waals surface area contributed by atoms with Crippen molar-refractivity contribution in [2.75, 3.05) is 28.8 Å². The Bertz CT molecular complexity index is 1410. The molecule has 33 heavy (non-hydrogen) atoms. The van der Waals surface area contributed by atoms with E-state index in [1.165, 1.54) is 16.4 Å². The van der Waals surface area contributed by atoms with E-state index >= 15 is 0 Å². The smallest absolute Gasteiger partial charge is 0.264 e. The van der Waals surface area contributed by atoms with Crippen molar-refractivity contribution in [1.29, 1.82) is 0 Å². The Balaban J connectivity index is 1.43. The Hall–Kier alpha value is -3.24. The maximum atomic E-state index is 13.2. The van der Waals surface area contributed by atoms with Gasteiger partial charge in [0.2, 0.25) is 0 Å². The van der Waals surface area contributed by atoms with Crippen LogP contribution < -0.4 is 18.5 Å². The molecule has 0 saturated carbocycles. The first kappa shape index (κ1) is 21.6. The summed E-state index contributed by atoms with van der Waals surface area (Å²) >= 11 is 0. The summed E-state index contributed by atoms with van der Waals surface area (Å²) in [5.41, 5.74) is 1.69. The van der Waals surface area contributed by atoms with Crippen LogP contribution in [-0.4, -0.2) is 36.6 Å². The fourth-order valence-electron chi connectivity index (χ4n) is 4.00. The Labute approximate surface area is 192 Å². The van der Waals surface area contributed by atoms with Crippen LogP contribution in [0.4, 0.5) is 11.4 Å². The second kappa shape index (κ2) is 8.27. The maximum Gasteiger partial charge on any atom is 0.264 e. The predicted octanol–water partition coefficient (Wildman–Crippen LogP) is 3.40. The molecule has 2 aliphatic rings. The highest BCUT2D eigenvalue weighted by Crippen LogP contribution is 2.35.